The van der Waals surface area contributed by atoms with E-state index in [-0.39, 0.29) is 24.2 Å². The fourth-order valence-corrected chi connectivity index (χ4v) is 3.07. The van der Waals surface area contributed by atoms with Crippen LogP contribution in [-0.2, 0) is 4.79 Å². The number of fused-ring (bicyclic) bond motifs is 1. The molecule has 0 spiro atoms. The highest BCUT2D eigenvalue weighted by molar-refractivity contribution is 5.97. The smallest absolute Gasteiger partial charge is 0.238 e. The Kier molecular flexibility index (Phi) is 3.67. The van der Waals surface area contributed by atoms with Gasteiger partial charge in [0.25, 0.3) is 0 Å². The van der Waals surface area contributed by atoms with Gasteiger partial charge in [0.2, 0.25) is 5.91 Å². The Morgan fingerprint density at radius 1 is 1.00 bits per heavy atom. The molecule has 1 aliphatic heterocycles. The van der Waals surface area contributed by atoms with Crippen LogP contribution in [0.5, 0.6) is 0 Å². The molecule has 0 aliphatic carbocycles. The van der Waals surface area contributed by atoms with E-state index in [1.807, 2.05) is 66.7 Å². The van der Waals surface area contributed by atoms with Gasteiger partial charge in [0.15, 0.2) is 5.78 Å². The van der Waals surface area contributed by atoms with Crippen LogP contribution in [0.1, 0.15) is 35.3 Å². The van der Waals surface area contributed by atoms with Gasteiger partial charge in [-0.2, -0.15) is 0 Å². The lowest BCUT2D eigenvalue weighted by molar-refractivity contribution is -0.131. The number of amides is 1. The molecule has 0 aromatic heterocycles. The number of hydrogen-bond donors (Lipinski definition) is 0. The minimum absolute atomic E-state index is 0.0435. The third kappa shape index (κ3) is 2.37. The van der Waals surface area contributed by atoms with Crippen LogP contribution in [0.25, 0.3) is 0 Å². The lowest BCUT2D eigenvalue weighted by atomic mass is 9.98. The Morgan fingerprint density at radius 3 is 2.32 bits per heavy atom. The van der Waals surface area contributed by atoms with Gasteiger partial charge >= 0.3 is 0 Å². The van der Waals surface area contributed by atoms with Crippen molar-refractivity contribution in [2.45, 2.75) is 19.4 Å². The maximum Gasteiger partial charge on any atom is 0.238 e. The Hall–Kier alpha value is -2.62. The third-order valence-corrected chi connectivity index (χ3v) is 4.06. The van der Waals surface area contributed by atoms with Crippen molar-refractivity contribution in [3.05, 3.63) is 65.7 Å². The van der Waals surface area contributed by atoms with Crippen LogP contribution in [0.2, 0.25) is 0 Å². The molecule has 0 bridgehead atoms. The monoisotopic (exact) mass is 294 g/mol. The number of ketones is 1. The number of rotatable bonds is 3. The number of benzene rings is 2. The summed E-state index contributed by atoms with van der Waals surface area (Å²) < 4.78 is 0. The van der Waals surface area contributed by atoms with Crippen molar-refractivity contribution in [1.29, 1.82) is 0 Å². The number of carbonyl (C=O) groups excluding carboxylic acids is 2. The first-order chi connectivity index (χ1) is 10.6. The van der Waals surface area contributed by atoms with Gasteiger partial charge in [-0.05, 0) is 6.07 Å². The predicted molar refractivity (Wildman–Crippen MR) is 85.5 cm³/mol. The molecule has 1 unspecified atom stereocenters. The van der Waals surface area contributed by atoms with Gasteiger partial charge in [0.1, 0.15) is 0 Å². The molecule has 0 radical (unpaired) electrons. The molecule has 0 saturated heterocycles. The molecule has 1 amide bonds. The van der Waals surface area contributed by atoms with Crippen molar-refractivity contribution < 1.29 is 9.59 Å². The number of hydrazine groups is 1. The first kappa shape index (κ1) is 14.3. The molecule has 0 N–H and O–H groups in total. The van der Waals surface area contributed by atoms with Crippen LogP contribution >= 0.6 is 0 Å². The van der Waals surface area contributed by atoms with Gasteiger partial charge in [-0.25, -0.2) is 5.01 Å². The summed E-state index contributed by atoms with van der Waals surface area (Å²) in [6.45, 7) is 1.53. The van der Waals surface area contributed by atoms with Crippen molar-refractivity contribution in [3.63, 3.8) is 0 Å². The Labute approximate surface area is 129 Å². The summed E-state index contributed by atoms with van der Waals surface area (Å²) in [7, 11) is 1.85. The summed E-state index contributed by atoms with van der Waals surface area (Å²) in [5.74, 6) is -0.0217. The average molecular weight is 294 g/mol. The molecule has 0 saturated carbocycles. The minimum Gasteiger partial charge on any atom is -0.294 e. The Bertz CT molecular complexity index is 712. The van der Waals surface area contributed by atoms with E-state index in [0.717, 1.165) is 11.3 Å². The Balaban J connectivity index is 1.94. The van der Waals surface area contributed by atoms with Gasteiger partial charge in [-0.3, -0.25) is 14.6 Å². The van der Waals surface area contributed by atoms with Gasteiger partial charge in [0, 0.05) is 31.5 Å². The van der Waals surface area contributed by atoms with Gasteiger partial charge in [0.05, 0.1) is 11.7 Å². The summed E-state index contributed by atoms with van der Waals surface area (Å²) in [6, 6.07) is 16.8. The second-order valence-electron chi connectivity index (χ2n) is 5.46. The topological polar surface area (TPSA) is 40.6 Å². The normalized spacial score (nSPS) is 16.5. The largest absolute Gasteiger partial charge is 0.294 e. The quantitative estimate of drug-likeness (QED) is 0.816. The molecule has 3 rings (SSSR count). The summed E-state index contributed by atoms with van der Waals surface area (Å²) in [6.07, 6.45) is 0.283. The van der Waals surface area contributed by atoms with E-state index < -0.39 is 0 Å². The maximum atomic E-state index is 12.5. The van der Waals surface area contributed by atoms with E-state index >= 15 is 0 Å². The van der Waals surface area contributed by atoms with Crippen LogP contribution in [0, 0.1) is 0 Å². The van der Waals surface area contributed by atoms with Crippen LogP contribution < -0.4 is 5.01 Å². The van der Waals surface area contributed by atoms with Crippen LogP contribution in [0.4, 0.5) is 5.69 Å². The van der Waals surface area contributed by atoms with E-state index in [9.17, 15) is 9.59 Å². The summed E-state index contributed by atoms with van der Waals surface area (Å²) in [5.41, 5.74) is 2.67. The first-order valence-corrected chi connectivity index (χ1v) is 7.30. The molecular weight excluding hydrogens is 276 g/mol. The van der Waals surface area contributed by atoms with Crippen molar-refractivity contribution in [2.75, 3.05) is 12.1 Å². The molecule has 1 atom stereocenters. The minimum atomic E-state index is -0.244. The zero-order chi connectivity index (χ0) is 15.7. The highest BCUT2D eigenvalue weighted by Gasteiger charge is 2.37. The number of hydrogen-bond acceptors (Lipinski definition) is 3. The zero-order valence-corrected chi connectivity index (χ0v) is 12.7. The average Bonchev–Trinajstić information content (AvgIpc) is 2.81. The summed E-state index contributed by atoms with van der Waals surface area (Å²) in [4.78, 5) is 24.6. The second-order valence-corrected chi connectivity index (χ2v) is 5.46. The third-order valence-electron chi connectivity index (χ3n) is 4.06. The van der Waals surface area contributed by atoms with Crippen LogP contribution in [0.3, 0.4) is 0 Å². The molecule has 1 heterocycles. The van der Waals surface area contributed by atoms with Gasteiger partial charge < -0.3 is 0 Å². The molecule has 4 nitrogen and oxygen atoms in total. The molecular formula is C18H18N2O2. The maximum absolute atomic E-state index is 12.5. The number of para-hydroxylation sites is 1. The molecule has 112 valence electrons. The first-order valence-electron chi connectivity index (χ1n) is 7.30. The van der Waals surface area contributed by atoms with E-state index in [2.05, 4.69) is 0 Å². The highest BCUT2D eigenvalue weighted by Crippen LogP contribution is 2.41. The number of anilines is 1. The molecule has 0 fully saturated rings. The highest BCUT2D eigenvalue weighted by atomic mass is 16.2. The van der Waals surface area contributed by atoms with Crippen molar-refractivity contribution >= 4 is 17.4 Å². The van der Waals surface area contributed by atoms with Crippen molar-refractivity contribution in [3.8, 4) is 0 Å². The fraction of sp³-hybridized carbons (Fsp3) is 0.222. The molecule has 2 aromatic rings. The van der Waals surface area contributed by atoms with Crippen molar-refractivity contribution in [1.82, 2.24) is 5.01 Å². The summed E-state index contributed by atoms with van der Waals surface area (Å²) in [5, 5.41) is 3.49. The molecule has 1 aliphatic rings. The number of nitrogens with zero attached hydrogens (tertiary/aromatic N) is 2. The van der Waals surface area contributed by atoms with E-state index in [1.54, 1.807) is 5.01 Å². The number of Topliss-reactive ketones (excluding diaryl/α,β-unsaturated/α-hetero) is 1. The van der Waals surface area contributed by atoms with Crippen LogP contribution in [0.15, 0.2) is 54.6 Å². The van der Waals surface area contributed by atoms with E-state index in [4.69, 9.17) is 0 Å². The van der Waals surface area contributed by atoms with E-state index in [1.165, 1.54) is 6.92 Å². The Morgan fingerprint density at radius 2 is 1.64 bits per heavy atom. The predicted octanol–water partition coefficient (Wildman–Crippen LogP) is 3.21. The molecule has 22 heavy (non-hydrogen) atoms. The number of carbonyl (C=O) groups is 2. The summed E-state index contributed by atoms with van der Waals surface area (Å²) >= 11 is 0. The van der Waals surface area contributed by atoms with Crippen LogP contribution in [-0.4, -0.2) is 23.7 Å². The van der Waals surface area contributed by atoms with Gasteiger partial charge in [-0.15, -0.1) is 0 Å². The lowest BCUT2D eigenvalue weighted by Gasteiger charge is -2.30. The zero-order valence-electron chi connectivity index (χ0n) is 12.7. The van der Waals surface area contributed by atoms with E-state index in [0.29, 0.717) is 5.56 Å². The fourth-order valence-electron chi connectivity index (χ4n) is 3.07. The SMILES string of the molecule is CC(=O)N1C(CC(=O)c2ccccc2)c2ccccc2N1C. The standard InChI is InChI=1S/C18H18N2O2/c1-13(21)20-17(12-18(22)14-8-4-3-5-9-14)15-10-6-7-11-16(15)19(20)2/h3-11,17H,12H2,1-2H3. The molecule has 2 aromatic carbocycles. The molecule has 4 heteroatoms. The van der Waals surface area contributed by atoms with Crippen molar-refractivity contribution in [2.24, 2.45) is 0 Å². The lowest BCUT2D eigenvalue weighted by Crippen LogP contribution is -2.41. The van der Waals surface area contributed by atoms with Gasteiger partial charge in [-0.1, -0.05) is 48.5 Å². The second kappa shape index (κ2) is 5.64.